The number of halogens is 1. The number of benzene rings is 3. The molecule has 1 unspecified atom stereocenters. The first-order valence-electron chi connectivity index (χ1n) is 16.0. The number of hydrogen-bond acceptors (Lipinski definition) is 11. The molecule has 4 aliphatic rings. The van der Waals surface area contributed by atoms with Crippen LogP contribution < -0.4 is 33.7 Å². The average molecular weight is 685 g/mol. The van der Waals surface area contributed by atoms with Gasteiger partial charge in [0.05, 0.1) is 34.5 Å². The van der Waals surface area contributed by atoms with E-state index < -0.39 is 29.1 Å². The Morgan fingerprint density at radius 1 is 1.00 bits per heavy atom. The number of allylic oxidation sites excluding steroid dienone is 1. The van der Waals surface area contributed by atoms with Gasteiger partial charge in [-0.3, -0.25) is 9.59 Å². The summed E-state index contributed by atoms with van der Waals surface area (Å²) < 4.78 is 36.6. The fourth-order valence-corrected chi connectivity index (χ4v) is 7.61. The fourth-order valence-electron chi connectivity index (χ4n) is 7.35. The van der Waals surface area contributed by atoms with Gasteiger partial charge in [0, 0.05) is 36.1 Å². The summed E-state index contributed by atoms with van der Waals surface area (Å²) in [6.07, 6.45) is 3.30. The molecule has 13 heteroatoms. The highest BCUT2D eigenvalue weighted by atomic mass is 35.5. The first-order chi connectivity index (χ1) is 23.8. The molecule has 12 nitrogen and oxygen atoms in total. The monoisotopic (exact) mass is 684 g/mol. The molecule has 1 N–H and O–H groups in total. The number of carbonyl (C=O) groups excluding carboxylic acids is 2. The van der Waals surface area contributed by atoms with Crippen molar-refractivity contribution in [1.29, 1.82) is 0 Å². The number of methoxy groups -OCH3 is 3. The molecule has 49 heavy (non-hydrogen) atoms. The second-order valence-corrected chi connectivity index (χ2v) is 12.8. The van der Waals surface area contributed by atoms with Gasteiger partial charge in [0.15, 0.2) is 17.2 Å². The normalized spacial score (nSPS) is 21.7. The number of anilines is 1. The Morgan fingerprint density at radius 3 is 2.61 bits per heavy atom. The summed E-state index contributed by atoms with van der Waals surface area (Å²) in [5.74, 6) is 1.37. The van der Waals surface area contributed by atoms with E-state index in [4.69, 9.17) is 40.0 Å². The van der Waals surface area contributed by atoms with Crippen LogP contribution in [0.5, 0.6) is 34.5 Å². The Hall–Kier alpha value is -5.23. The highest BCUT2D eigenvalue weighted by Gasteiger charge is 2.63. The molecule has 0 saturated carbocycles. The van der Waals surface area contributed by atoms with E-state index in [1.165, 1.54) is 32.2 Å². The van der Waals surface area contributed by atoms with Crippen molar-refractivity contribution in [1.82, 2.24) is 14.8 Å². The summed E-state index contributed by atoms with van der Waals surface area (Å²) in [6, 6.07) is 12.5. The van der Waals surface area contributed by atoms with Crippen LogP contribution in [0.1, 0.15) is 46.4 Å². The van der Waals surface area contributed by atoms with Crippen LogP contribution in [-0.4, -0.2) is 66.5 Å². The van der Waals surface area contributed by atoms with Crippen molar-refractivity contribution in [3.8, 4) is 34.5 Å². The van der Waals surface area contributed by atoms with Gasteiger partial charge in [-0.15, -0.1) is 0 Å². The molecule has 0 fully saturated rings. The lowest BCUT2D eigenvalue weighted by atomic mass is 9.69. The van der Waals surface area contributed by atoms with Gasteiger partial charge in [-0.1, -0.05) is 36.7 Å². The van der Waals surface area contributed by atoms with E-state index in [2.05, 4.69) is 21.5 Å². The van der Waals surface area contributed by atoms with Gasteiger partial charge in [0.1, 0.15) is 40.2 Å². The highest BCUT2D eigenvalue weighted by Crippen LogP contribution is 2.55. The number of fused-ring (bicyclic) bond motifs is 3. The van der Waals surface area contributed by atoms with Gasteiger partial charge in [0.2, 0.25) is 23.1 Å². The number of ether oxygens (including phenoxy) is 6. The van der Waals surface area contributed by atoms with Crippen LogP contribution in [0.3, 0.4) is 0 Å². The minimum Gasteiger partial charge on any atom is -0.496 e. The summed E-state index contributed by atoms with van der Waals surface area (Å²) in [5, 5.41) is 7.87. The lowest BCUT2D eigenvalue weighted by Gasteiger charge is -2.41. The van der Waals surface area contributed by atoms with E-state index in [-0.39, 0.29) is 27.8 Å². The van der Waals surface area contributed by atoms with E-state index >= 15 is 0 Å². The molecule has 8 rings (SSSR count). The van der Waals surface area contributed by atoms with Gasteiger partial charge in [0.25, 0.3) is 0 Å². The van der Waals surface area contributed by atoms with Crippen molar-refractivity contribution in [3.05, 3.63) is 87.3 Å². The van der Waals surface area contributed by atoms with Gasteiger partial charge in [-0.2, -0.15) is 10.1 Å². The standard InChI is InChI=1S/C36H33ClN4O8/c1-18-13-22-28(33(42)36(18)34(43)29-26(45-3)16-27(46-4)30(37)32(29)49-36)31(41-35(40-22)38-17-39-41)21-6-8-24(44-2)25(15-21)48-11-9-19-5-7-23-20(14-19)10-12-47-23/h5-8,14-18,31H,9-13H2,1-4H3,(H,38,39,40)/t18-,31?,36+/m1/s1. The average Bonchev–Trinajstić information content (AvgIpc) is 3.85. The van der Waals surface area contributed by atoms with Crippen LogP contribution in [0.15, 0.2) is 60.1 Å². The topological polar surface area (TPSA) is 132 Å². The maximum Gasteiger partial charge on any atom is 0.236 e. The molecule has 3 atom stereocenters. The Bertz CT molecular complexity index is 2080. The predicted octanol–water partition coefficient (Wildman–Crippen LogP) is 5.41. The van der Waals surface area contributed by atoms with Crippen LogP contribution in [-0.2, 0) is 17.6 Å². The van der Waals surface area contributed by atoms with Gasteiger partial charge >= 0.3 is 0 Å². The Kier molecular flexibility index (Phi) is 7.43. The van der Waals surface area contributed by atoms with Gasteiger partial charge < -0.3 is 33.7 Å². The van der Waals surface area contributed by atoms with E-state index in [1.54, 1.807) is 17.9 Å². The van der Waals surface area contributed by atoms with Crippen molar-refractivity contribution in [2.24, 2.45) is 5.92 Å². The highest BCUT2D eigenvalue weighted by molar-refractivity contribution is 6.36. The van der Waals surface area contributed by atoms with Gasteiger partial charge in [-0.25, -0.2) is 4.68 Å². The zero-order chi connectivity index (χ0) is 34.0. The van der Waals surface area contributed by atoms with Crippen LogP contribution in [0.4, 0.5) is 5.95 Å². The molecular weight excluding hydrogens is 652 g/mol. The number of ketones is 2. The molecule has 0 bridgehead atoms. The number of rotatable bonds is 8. The maximum atomic E-state index is 15.0. The quantitative estimate of drug-likeness (QED) is 0.239. The van der Waals surface area contributed by atoms with Crippen LogP contribution in [0.2, 0.25) is 5.02 Å². The Labute approximate surface area is 286 Å². The summed E-state index contributed by atoms with van der Waals surface area (Å²) in [6.45, 7) is 2.90. The van der Waals surface area contributed by atoms with Crippen LogP contribution >= 0.6 is 11.6 Å². The zero-order valence-corrected chi connectivity index (χ0v) is 28.1. The van der Waals surface area contributed by atoms with Crippen molar-refractivity contribution in [2.75, 3.05) is 39.9 Å². The molecule has 1 spiro atoms. The summed E-state index contributed by atoms with van der Waals surface area (Å²) >= 11 is 6.66. The molecular formula is C36H33ClN4O8. The molecule has 4 heterocycles. The Morgan fingerprint density at radius 2 is 1.82 bits per heavy atom. The van der Waals surface area contributed by atoms with Crippen molar-refractivity contribution >= 4 is 29.1 Å². The van der Waals surface area contributed by atoms with Crippen molar-refractivity contribution < 1.29 is 38.0 Å². The number of nitrogens with one attached hydrogen (secondary N) is 1. The second kappa shape index (κ2) is 11.7. The molecule has 252 valence electrons. The number of Topliss-reactive ketones (excluding diaryl/α,β-unsaturated/α-hetero) is 2. The first-order valence-corrected chi connectivity index (χ1v) is 16.3. The molecule has 4 aromatic rings. The van der Waals surface area contributed by atoms with Crippen molar-refractivity contribution in [3.63, 3.8) is 0 Å². The summed E-state index contributed by atoms with van der Waals surface area (Å²) in [4.78, 5) is 33.8. The molecule has 3 aromatic carbocycles. The third kappa shape index (κ3) is 4.64. The van der Waals surface area contributed by atoms with E-state index in [0.717, 1.165) is 17.7 Å². The van der Waals surface area contributed by atoms with E-state index in [0.29, 0.717) is 60.3 Å². The minimum atomic E-state index is -1.89. The van der Waals surface area contributed by atoms with Gasteiger partial charge in [-0.05, 0) is 41.3 Å². The second-order valence-electron chi connectivity index (χ2n) is 12.4. The van der Waals surface area contributed by atoms with E-state index in [1.807, 2.05) is 31.2 Å². The predicted molar refractivity (Wildman–Crippen MR) is 178 cm³/mol. The lowest BCUT2D eigenvalue weighted by Crippen LogP contribution is -2.58. The molecule has 0 saturated heterocycles. The minimum absolute atomic E-state index is 0.0601. The summed E-state index contributed by atoms with van der Waals surface area (Å²) in [7, 11) is 4.47. The van der Waals surface area contributed by atoms with Crippen LogP contribution in [0, 0.1) is 5.92 Å². The third-order valence-corrected chi connectivity index (χ3v) is 10.1. The zero-order valence-electron chi connectivity index (χ0n) is 27.3. The SMILES string of the molecule is COc1ccc(C2C3=C(C[C@@H](C)[C@]4(Oc5c(Cl)c(OC)cc(OC)c5C4=O)C3=O)Nc3ncnn32)cc1OCCc1ccc2c(c1)CCO2. The first kappa shape index (κ1) is 31.1. The number of carbonyl (C=O) groups is 2. The van der Waals surface area contributed by atoms with Crippen molar-refractivity contribution in [2.45, 2.75) is 37.8 Å². The summed E-state index contributed by atoms with van der Waals surface area (Å²) in [5.41, 5.74) is 2.21. The number of aromatic nitrogens is 3. The fraction of sp³-hybridized carbons (Fsp3) is 0.333. The maximum absolute atomic E-state index is 15.0. The third-order valence-electron chi connectivity index (χ3n) is 9.79. The molecule has 3 aliphatic heterocycles. The molecule has 1 aromatic heterocycles. The van der Waals surface area contributed by atoms with Crippen LogP contribution in [0.25, 0.3) is 0 Å². The Balaban J connectivity index is 1.16. The molecule has 0 amide bonds. The molecule has 0 radical (unpaired) electrons. The number of hydrogen-bond donors (Lipinski definition) is 1. The largest absolute Gasteiger partial charge is 0.496 e. The molecule has 1 aliphatic carbocycles. The number of nitrogens with zero attached hydrogens (tertiary/aromatic N) is 3. The smallest absolute Gasteiger partial charge is 0.236 e. The lowest BCUT2D eigenvalue weighted by molar-refractivity contribution is -0.130. The van der Waals surface area contributed by atoms with E-state index in [9.17, 15) is 9.59 Å².